The average molecular weight is 453 g/mol. The van der Waals surface area contributed by atoms with Gasteiger partial charge in [0.1, 0.15) is 6.61 Å². The molecule has 0 fully saturated rings. The van der Waals surface area contributed by atoms with E-state index in [1.165, 1.54) is 0 Å². The molecule has 0 spiro atoms. The van der Waals surface area contributed by atoms with Crippen molar-refractivity contribution in [2.24, 2.45) is 0 Å². The Labute approximate surface area is 188 Å². The monoisotopic (exact) mass is 451 g/mol. The molecule has 154 valence electrons. The van der Waals surface area contributed by atoms with Crippen LogP contribution in [0.5, 0.6) is 11.5 Å². The zero-order valence-corrected chi connectivity index (χ0v) is 18.5. The van der Waals surface area contributed by atoms with Crippen molar-refractivity contribution in [1.29, 1.82) is 0 Å². The largest absolute Gasteiger partial charge is 0.490 e. The Morgan fingerprint density at radius 3 is 2.21 bits per heavy atom. The average Bonchev–Trinajstić information content (AvgIpc) is 2.70. The Balaban J connectivity index is 0.00000300. The van der Waals surface area contributed by atoms with E-state index in [9.17, 15) is 0 Å². The molecule has 0 aliphatic heterocycles. The van der Waals surface area contributed by atoms with E-state index in [4.69, 9.17) is 32.7 Å². The molecule has 0 aliphatic rings. The third kappa shape index (κ3) is 6.83. The minimum Gasteiger partial charge on any atom is -0.490 e. The SMILES string of the molecule is CCOc1cccc(CNCc2ccccc2Cl)c1OCc1ccc(Cl)cc1.Cl. The van der Waals surface area contributed by atoms with Gasteiger partial charge in [-0.3, -0.25) is 0 Å². The molecular formula is C23H24Cl3NO2. The predicted octanol–water partition coefficient (Wildman–Crippen LogP) is 6.68. The van der Waals surface area contributed by atoms with Crippen LogP contribution in [-0.2, 0) is 19.7 Å². The quantitative estimate of drug-likeness (QED) is 0.392. The molecule has 0 bridgehead atoms. The summed E-state index contributed by atoms with van der Waals surface area (Å²) >= 11 is 12.2. The first-order chi connectivity index (χ1) is 13.7. The smallest absolute Gasteiger partial charge is 0.166 e. The fourth-order valence-corrected chi connectivity index (χ4v) is 3.17. The first kappa shape index (κ1) is 23.4. The third-order valence-electron chi connectivity index (χ3n) is 4.25. The van der Waals surface area contributed by atoms with Gasteiger partial charge in [-0.2, -0.15) is 0 Å². The predicted molar refractivity (Wildman–Crippen MR) is 123 cm³/mol. The summed E-state index contributed by atoms with van der Waals surface area (Å²) in [7, 11) is 0. The van der Waals surface area contributed by atoms with Gasteiger partial charge in [0.05, 0.1) is 6.61 Å². The molecule has 0 heterocycles. The molecule has 0 atom stereocenters. The molecule has 6 heteroatoms. The molecule has 0 saturated heterocycles. The third-order valence-corrected chi connectivity index (χ3v) is 4.87. The van der Waals surface area contributed by atoms with Crippen LogP contribution in [0.25, 0.3) is 0 Å². The van der Waals surface area contributed by atoms with Gasteiger partial charge in [0.2, 0.25) is 0 Å². The van der Waals surface area contributed by atoms with Crippen molar-refractivity contribution in [1.82, 2.24) is 5.32 Å². The summed E-state index contributed by atoms with van der Waals surface area (Å²) in [6.07, 6.45) is 0. The molecule has 3 aromatic carbocycles. The molecule has 3 nitrogen and oxygen atoms in total. The molecule has 3 aromatic rings. The lowest BCUT2D eigenvalue weighted by Crippen LogP contribution is -2.14. The highest BCUT2D eigenvalue weighted by molar-refractivity contribution is 6.31. The van der Waals surface area contributed by atoms with Crippen LogP contribution in [-0.4, -0.2) is 6.61 Å². The Bertz CT molecular complexity index is 901. The highest BCUT2D eigenvalue weighted by Crippen LogP contribution is 2.32. The van der Waals surface area contributed by atoms with Crippen LogP contribution in [0.3, 0.4) is 0 Å². The topological polar surface area (TPSA) is 30.5 Å². The molecule has 0 unspecified atom stereocenters. The summed E-state index contributed by atoms with van der Waals surface area (Å²) < 4.78 is 11.9. The number of para-hydroxylation sites is 1. The highest BCUT2D eigenvalue weighted by atomic mass is 35.5. The van der Waals surface area contributed by atoms with Gasteiger partial charge in [0, 0.05) is 28.7 Å². The molecule has 0 aromatic heterocycles. The van der Waals surface area contributed by atoms with E-state index >= 15 is 0 Å². The van der Waals surface area contributed by atoms with Gasteiger partial charge < -0.3 is 14.8 Å². The maximum atomic E-state index is 6.24. The van der Waals surface area contributed by atoms with Crippen molar-refractivity contribution >= 4 is 35.6 Å². The van der Waals surface area contributed by atoms with E-state index in [2.05, 4.69) is 5.32 Å². The standard InChI is InChI=1S/C23H23Cl2NO2.ClH/c1-2-27-22-9-5-7-19(15-26-14-18-6-3-4-8-21(18)25)23(22)28-16-17-10-12-20(24)13-11-17;/h3-13,26H,2,14-16H2,1H3;1H. The highest BCUT2D eigenvalue weighted by Gasteiger charge is 2.12. The molecule has 0 aliphatic carbocycles. The van der Waals surface area contributed by atoms with Crippen LogP contribution in [0.2, 0.25) is 10.0 Å². The first-order valence-electron chi connectivity index (χ1n) is 9.23. The number of nitrogens with one attached hydrogen (secondary N) is 1. The van der Waals surface area contributed by atoms with Crippen LogP contribution in [0.4, 0.5) is 0 Å². The molecule has 0 saturated carbocycles. The molecule has 0 radical (unpaired) electrons. The van der Waals surface area contributed by atoms with E-state index in [0.29, 0.717) is 31.3 Å². The van der Waals surface area contributed by atoms with Gasteiger partial charge in [-0.25, -0.2) is 0 Å². The van der Waals surface area contributed by atoms with Crippen molar-refractivity contribution in [3.63, 3.8) is 0 Å². The number of ether oxygens (including phenoxy) is 2. The van der Waals surface area contributed by atoms with Crippen molar-refractivity contribution in [2.45, 2.75) is 26.6 Å². The van der Waals surface area contributed by atoms with Crippen molar-refractivity contribution in [2.75, 3.05) is 6.61 Å². The van der Waals surface area contributed by atoms with Crippen LogP contribution in [0.1, 0.15) is 23.6 Å². The van der Waals surface area contributed by atoms with Crippen molar-refractivity contribution in [3.05, 3.63) is 93.5 Å². The summed E-state index contributed by atoms with van der Waals surface area (Å²) in [5, 5.41) is 4.91. The zero-order valence-electron chi connectivity index (χ0n) is 16.2. The molecule has 3 rings (SSSR count). The molecule has 29 heavy (non-hydrogen) atoms. The fraction of sp³-hybridized carbons (Fsp3) is 0.217. The second-order valence-corrected chi connectivity index (χ2v) is 7.13. The number of hydrogen-bond donors (Lipinski definition) is 1. The van der Waals surface area contributed by atoms with Crippen molar-refractivity contribution < 1.29 is 9.47 Å². The summed E-state index contributed by atoms with van der Waals surface area (Å²) in [6, 6.07) is 21.4. The van der Waals surface area contributed by atoms with Crippen LogP contribution >= 0.6 is 35.6 Å². The minimum atomic E-state index is 0. The Hall–Kier alpha value is -1.91. The van der Waals surface area contributed by atoms with Gasteiger partial charge >= 0.3 is 0 Å². The van der Waals surface area contributed by atoms with Gasteiger partial charge in [0.15, 0.2) is 11.5 Å². The first-order valence-corrected chi connectivity index (χ1v) is 9.99. The number of halogens is 3. The van der Waals surface area contributed by atoms with Gasteiger partial charge in [-0.15, -0.1) is 12.4 Å². The fourth-order valence-electron chi connectivity index (χ4n) is 2.84. The van der Waals surface area contributed by atoms with Gasteiger partial charge in [-0.1, -0.05) is 65.7 Å². The lowest BCUT2D eigenvalue weighted by Gasteiger charge is -2.17. The number of benzene rings is 3. The second kappa shape index (κ2) is 11.9. The zero-order chi connectivity index (χ0) is 19.8. The molecule has 0 amide bonds. The normalized spacial score (nSPS) is 10.3. The van der Waals surface area contributed by atoms with Crippen LogP contribution in [0.15, 0.2) is 66.7 Å². The maximum absolute atomic E-state index is 6.24. The van der Waals surface area contributed by atoms with Crippen molar-refractivity contribution in [3.8, 4) is 11.5 Å². The molecule has 1 N–H and O–H groups in total. The van der Waals surface area contributed by atoms with Crippen LogP contribution < -0.4 is 14.8 Å². The Kier molecular flexibility index (Phi) is 9.62. The van der Waals surface area contributed by atoms with E-state index in [0.717, 1.165) is 33.2 Å². The molecular weight excluding hydrogens is 429 g/mol. The maximum Gasteiger partial charge on any atom is 0.166 e. The number of hydrogen-bond acceptors (Lipinski definition) is 3. The summed E-state index contributed by atoms with van der Waals surface area (Å²) in [6.45, 7) is 4.30. The Morgan fingerprint density at radius 2 is 1.48 bits per heavy atom. The van der Waals surface area contributed by atoms with E-state index in [1.54, 1.807) is 0 Å². The van der Waals surface area contributed by atoms with Gasteiger partial charge in [-0.05, 0) is 42.3 Å². The Morgan fingerprint density at radius 1 is 0.793 bits per heavy atom. The lowest BCUT2D eigenvalue weighted by atomic mass is 10.1. The number of rotatable bonds is 9. The minimum absolute atomic E-state index is 0. The summed E-state index contributed by atoms with van der Waals surface area (Å²) in [5.41, 5.74) is 3.14. The summed E-state index contributed by atoms with van der Waals surface area (Å²) in [5.74, 6) is 1.50. The van der Waals surface area contributed by atoms with E-state index in [1.807, 2.05) is 73.7 Å². The lowest BCUT2D eigenvalue weighted by molar-refractivity contribution is 0.266. The van der Waals surface area contributed by atoms with E-state index in [-0.39, 0.29) is 12.4 Å². The van der Waals surface area contributed by atoms with Crippen LogP contribution in [0, 0.1) is 0 Å². The van der Waals surface area contributed by atoms with E-state index < -0.39 is 0 Å². The second-order valence-electron chi connectivity index (χ2n) is 6.29. The summed E-state index contributed by atoms with van der Waals surface area (Å²) in [4.78, 5) is 0. The van der Waals surface area contributed by atoms with Gasteiger partial charge in [0.25, 0.3) is 0 Å².